The third kappa shape index (κ3) is 2.28. The molecule has 3 rings (SSSR count). The highest BCUT2D eigenvalue weighted by Crippen LogP contribution is 2.22. The number of fused-ring (bicyclic) bond motifs is 1. The lowest BCUT2D eigenvalue weighted by atomic mass is 10.1. The number of nitrogens with zero attached hydrogens (tertiary/aromatic N) is 2. The molecule has 0 saturated heterocycles. The summed E-state index contributed by atoms with van der Waals surface area (Å²) in [5.41, 5.74) is 0.250. The van der Waals surface area contributed by atoms with Crippen LogP contribution in [0.2, 0.25) is 5.15 Å². The predicted molar refractivity (Wildman–Crippen MR) is 73.3 cm³/mol. The SMILES string of the molecule is O=C(Nc1ncc[nH]1)c1cc2ccccc2c(Cl)n1. The number of nitrogens with one attached hydrogen (secondary N) is 2. The number of halogens is 1. The van der Waals surface area contributed by atoms with Gasteiger partial charge < -0.3 is 4.98 Å². The van der Waals surface area contributed by atoms with E-state index in [4.69, 9.17) is 11.6 Å². The van der Waals surface area contributed by atoms with Crippen molar-refractivity contribution >= 4 is 34.2 Å². The van der Waals surface area contributed by atoms with Gasteiger partial charge in [-0.1, -0.05) is 35.9 Å². The first kappa shape index (κ1) is 11.7. The monoisotopic (exact) mass is 272 g/mol. The molecule has 0 bridgehead atoms. The van der Waals surface area contributed by atoms with Gasteiger partial charge in [0.2, 0.25) is 5.95 Å². The minimum Gasteiger partial charge on any atom is -0.331 e. The van der Waals surface area contributed by atoms with Gasteiger partial charge in [-0.2, -0.15) is 0 Å². The van der Waals surface area contributed by atoms with Crippen LogP contribution < -0.4 is 5.32 Å². The Morgan fingerprint density at radius 3 is 2.95 bits per heavy atom. The molecule has 2 aromatic heterocycles. The minimum atomic E-state index is -0.359. The summed E-state index contributed by atoms with van der Waals surface area (Å²) in [6.45, 7) is 0. The van der Waals surface area contributed by atoms with Crippen LogP contribution in [0.1, 0.15) is 10.5 Å². The number of benzene rings is 1. The zero-order valence-electron chi connectivity index (χ0n) is 9.72. The fraction of sp³-hybridized carbons (Fsp3) is 0. The van der Waals surface area contributed by atoms with E-state index in [1.165, 1.54) is 0 Å². The number of imidazole rings is 1. The van der Waals surface area contributed by atoms with Crippen LogP contribution in [0.3, 0.4) is 0 Å². The number of H-pyrrole nitrogens is 1. The topological polar surface area (TPSA) is 70.7 Å². The third-order valence-corrected chi connectivity index (χ3v) is 2.94. The van der Waals surface area contributed by atoms with Crippen LogP contribution in [0.5, 0.6) is 0 Å². The lowest BCUT2D eigenvalue weighted by Gasteiger charge is -2.05. The maximum Gasteiger partial charge on any atom is 0.276 e. The van der Waals surface area contributed by atoms with Gasteiger partial charge in [0.25, 0.3) is 5.91 Å². The van der Waals surface area contributed by atoms with E-state index < -0.39 is 0 Å². The van der Waals surface area contributed by atoms with Crippen molar-refractivity contribution in [3.8, 4) is 0 Å². The Labute approximate surface area is 113 Å². The number of hydrogen-bond acceptors (Lipinski definition) is 3. The van der Waals surface area contributed by atoms with Crippen molar-refractivity contribution in [1.29, 1.82) is 0 Å². The molecule has 0 aliphatic carbocycles. The maximum atomic E-state index is 12.0. The second kappa shape index (κ2) is 4.70. The molecule has 0 aliphatic rings. The molecule has 6 heteroatoms. The van der Waals surface area contributed by atoms with E-state index in [9.17, 15) is 4.79 Å². The molecule has 0 aliphatic heterocycles. The second-order valence-electron chi connectivity index (χ2n) is 3.91. The summed E-state index contributed by atoms with van der Waals surface area (Å²) in [6.07, 6.45) is 3.17. The number of aromatic amines is 1. The van der Waals surface area contributed by atoms with E-state index in [-0.39, 0.29) is 11.6 Å². The molecule has 0 radical (unpaired) electrons. The highest BCUT2D eigenvalue weighted by atomic mass is 35.5. The summed E-state index contributed by atoms with van der Waals surface area (Å²) < 4.78 is 0. The Morgan fingerprint density at radius 2 is 2.16 bits per heavy atom. The smallest absolute Gasteiger partial charge is 0.276 e. The maximum absolute atomic E-state index is 12.0. The first-order chi connectivity index (χ1) is 9.24. The first-order valence-corrected chi connectivity index (χ1v) is 5.98. The summed E-state index contributed by atoms with van der Waals surface area (Å²) in [4.78, 5) is 22.8. The molecule has 0 unspecified atom stereocenters. The molecule has 2 N–H and O–H groups in total. The Balaban J connectivity index is 1.98. The molecule has 2 heterocycles. The number of anilines is 1. The third-order valence-electron chi connectivity index (χ3n) is 2.66. The summed E-state index contributed by atoms with van der Waals surface area (Å²) in [6, 6.07) is 9.19. The van der Waals surface area contributed by atoms with Crippen LogP contribution >= 0.6 is 11.6 Å². The average Bonchev–Trinajstić information content (AvgIpc) is 2.91. The van der Waals surface area contributed by atoms with Gasteiger partial charge in [0, 0.05) is 17.8 Å². The van der Waals surface area contributed by atoms with Crippen molar-refractivity contribution < 1.29 is 4.79 Å². The molecular weight excluding hydrogens is 264 g/mol. The van der Waals surface area contributed by atoms with Crippen molar-refractivity contribution in [1.82, 2.24) is 15.0 Å². The van der Waals surface area contributed by atoms with Gasteiger partial charge in [-0.05, 0) is 11.5 Å². The number of hydrogen-bond donors (Lipinski definition) is 2. The van der Waals surface area contributed by atoms with Gasteiger partial charge in [0.1, 0.15) is 10.8 Å². The average molecular weight is 273 g/mol. The highest BCUT2D eigenvalue weighted by molar-refractivity contribution is 6.34. The van der Waals surface area contributed by atoms with E-state index in [1.807, 2.05) is 24.3 Å². The van der Waals surface area contributed by atoms with Crippen molar-refractivity contribution in [2.24, 2.45) is 0 Å². The molecule has 3 aromatic rings. The number of carbonyl (C=O) groups is 1. The van der Waals surface area contributed by atoms with Crippen molar-refractivity contribution in [2.45, 2.75) is 0 Å². The van der Waals surface area contributed by atoms with Gasteiger partial charge >= 0.3 is 0 Å². The van der Waals surface area contributed by atoms with Crippen LogP contribution in [0.25, 0.3) is 10.8 Å². The van der Waals surface area contributed by atoms with Crippen LogP contribution in [0, 0.1) is 0 Å². The lowest BCUT2D eigenvalue weighted by molar-refractivity contribution is 0.102. The largest absolute Gasteiger partial charge is 0.331 e. The Bertz CT molecular complexity index is 739. The zero-order valence-corrected chi connectivity index (χ0v) is 10.5. The predicted octanol–water partition coefficient (Wildman–Crippen LogP) is 2.86. The van der Waals surface area contributed by atoms with Crippen molar-refractivity contribution in [2.75, 3.05) is 5.32 Å². The second-order valence-corrected chi connectivity index (χ2v) is 4.27. The van der Waals surface area contributed by atoms with E-state index in [1.54, 1.807) is 18.5 Å². The normalized spacial score (nSPS) is 10.6. The number of amides is 1. The molecule has 0 spiro atoms. The summed E-state index contributed by atoms with van der Waals surface area (Å²) >= 11 is 6.07. The van der Waals surface area contributed by atoms with Crippen LogP contribution in [-0.2, 0) is 0 Å². The van der Waals surface area contributed by atoms with Gasteiger partial charge in [-0.15, -0.1) is 0 Å². The minimum absolute atomic E-state index is 0.250. The lowest BCUT2D eigenvalue weighted by Crippen LogP contribution is -2.14. The number of carbonyl (C=O) groups excluding carboxylic acids is 1. The number of rotatable bonds is 2. The van der Waals surface area contributed by atoms with Gasteiger partial charge in [0.05, 0.1) is 0 Å². The van der Waals surface area contributed by atoms with Gasteiger partial charge in [-0.3, -0.25) is 10.1 Å². The van der Waals surface area contributed by atoms with Crippen molar-refractivity contribution in [3.05, 3.63) is 53.6 Å². The van der Waals surface area contributed by atoms with E-state index >= 15 is 0 Å². The summed E-state index contributed by atoms with van der Waals surface area (Å²) in [7, 11) is 0. The Kier molecular flexibility index (Phi) is 2.89. The molecule has 19 heavy (non-hydrogen) atoms. The molecule has 0 fully saturated rings. The fourth-order valence-corrected chi connectivity index (χ4v) is 2.04. The Morgan fingerprint density at radius 1 is 1.32 bits per heavy atom. The molecule has 0 atom stereocenters. The van der Waals surface area contributed by atoms with Crippen LogP contribution in [0.4, 0.5) is 5.95 Å². The highest BCUT2D eigenvalue weighted by Gasteiger charge is 2.12. The molecule has 0 saturated carbocycles. The molecular formula is C13H9ClN4O. The van der Waals surface area contributed by atoms with Gasteiger partial charge in [0.15, 0.2) is 0 Å². The first-order valence-electron chi connectivity index (χ1n) is 5.60. The zero-order chi connectivity index (χ0) is 13.2. The number of pyridine rings is 1. The standard InChI is InChI=1S/C13H9ClN4O/c14-11-9-4-2-1-3-8(9)7-10(17-11)12(19)18-13-15-5-6-16-13/h1-7H,(H2,15,16,18,19). The van der Waals surface area contributed by atoms with E-state index in [0.29, 0.717) is 11.1 Å². The summed E-state index contributed by atoms with van der Waals surface area (Å²) in [5, 5.41) is 4.60. The van der Waals surface area contributed by atoms with E-state index in [2.05, 4.69) is 20.3 Å². The molecule has 1 amide bonds. The Hall–Kier alpha value is -2.40. The van der Waals surface area contributed by atoms with Crippen LogP contribution in [0.15, 0.2) is 42.7 Å². The van der Waals surface area contributed by atoms with Crippen LogP contribution in [-0.4, -0.2) is 20.9 Å². The molecule has 94 valence electrons. The molecule has 1 aromatic carbocycles. The number of aromatic nitrogens is 3. The fourth-order valence-electron chi connectivity index (χ4n) is 1.78. The van der Waals surface area contributed by atoms with Gasteiger partial charge in [-0.25, -0.2) is 9.97 Å². The quantitative estimate of drug-likeness (QED) is 0.705. The summed E-state index contributed by atoms with van der Waals surface area (Å²) in [5.74, 6) is 0.0127. The van der Waals surface area contributed by atoms with E-state index in [0.717, 1.165) is 10.8 Å². The van der Waals surface area contributed by atoms with Crippen molar-refractivity contribution in [3.63, 3.8) is 0 Å². The molecule has 5 nitrogen and oxygen atoms in total.